The molecule has 1 fully saturated rings. The van der Waals surface area contributed by atoms with Crippen LogP contribution in [-0.4, -0.2) is 15.5 Å². The SMILES string of the molecule is CCc1ccc(Nc2nc3cc(C(=O)Nc4ccc(F)cc4)ccc3n2C2C[C@H](C)CC(C)(C)C2)cc1. The van der Waals surface area contributed by atoms with Gasteiger partial charge in [0.1, 0.15) is 5.82 Å². The van der Waals surface area contributed by atoms with Crippen molar-refractivity contribution in [1.82, 2.24) is 9.55 Å². The lowest BCUT2D eigenvalue weighted by Crippen LogP contribution is -2.29. The van der Waals surface area contributed by atoms with Gasteiger partial charge in [0.05, 0.1) is 11.0 Å². The molecule has 1 saturated carbocycles. The molecule has 192 valence electrons. The second-order valence-corrected chi connectivity index (χ2v) is 11.2. The Bertz CT molecular complexity index is 1410. The van der Waals surface area contributed by atoms with Gasteiger partial charge in [0.25, 0.3) is 5.91 Å². The van der Waals surface area contributed by atoms with Crippen LogP contribution in [0.4, 0.5) is 21.7 Å². The zero-order valence-electron chi connectivity index (χ0n) is 22.0. The summed E-state index contributed by atoms with van der Waals surface area (Å²) in [5.74, 6) is 0.823. The monoisotopic (exact) mass is 498 g/mol. The molecule has 0 aliphatic heterocycles. The number of imidazole rings is 1. The van der Waals surface area contributed by atoms with E-state index in [4.69, 9.17) is 4.98 Å². The zero-order chi connectivity index (χ0) is 26.2. The van der Waals surface area contributed by atoms with E-state index in [0.717, 1.165) is 41.9 Å². The van der Waals surface area contributed by atoms with Crippen LogP contribution in [0, 0.1) is 17.2 Å². The molecule has 6 heteroatoms. The molecule has 1 aromatic heterocycles. The number of carbonyl (C=O) groups excluding carboxylic acids is 1. The highest BCUT2D eigenvalue weighted by atomic mass is 19.1. The van der Waals surface area contributed by atoms with Crippen molar-refractivity contribution in [3.8, 4) is 0 Å². The number of nitrogens with zero attached hydrogens (tertiary/aromatic N) is 2. The first-order valence-electron chi connectivity index (χ1n) is 13.2. The van der Waals surface area contributed by atoms with Crippen LogP contribution in [0.25, 0.3) is 11.0 Å². The maximum atomic E-state index is 13.3. The van der Waals surface area contributed by atoms with Crippen molar-refractivity contribution < 1.29 is 9.18 Å². The Hall–Kier alpha value is -3.67. The van der Waals surface area contributed by atoms with Crippen molar-refractivity contribution in [2.24, 2.45) is 11.3 Å². The van der Waals surface area contributed by atoms with Crippen molar-refractivity contribution in [3.63, 3.8) is 0 Å². The summed E-state index contributed by atoms with van der Waals surface area (Å²) in [7, 11) is 0. The number of halogens is 1. The lowest BCUT2D eigenvalue weighted by molar-refractivity contribution is 0.102. The molecule has 0 saturated heterocycles. The van der Waals surface area contributed by atoms with E-state index in [-0.39, 0.29) is 17.1 Å². The number of rotatable bonds is 6. The summed E-state index contributed by atoms with van der Waals surface area (Å²) in [6.07, 6.45) is 4.37. The fourth-order valence-corrected chi connectivity index (χ4v) is 5.88. The van der Waals surface area contributed by atoms with Crippen molar-refractivity contribution in [1.29, 1.82) is 0 Å². The van der Waals surface area contributed by atoms with Gasteiger partial charge in [-0.2, -0.15) is 0 Å². The Balaban J connectivity index is 1.52. The van der Waals surface area contributed by atoms with Crippen LogP contribution in [0.1, 0.15) is 68.9 Å². The lowest BCUT2D eigenvalue weighted by Gasteiger charge is -2.40. The number of hydrogen-bond donors (Lipinski definition) is 2. The fourth-order valence-electron chi connectivity index (χ4n) is 5.88. The van der Waals surface area contributed by atoms with Crippen molar-refractivity contribution >= 4 is 34.3 Å². The van der Waals surface area contributed by atoms with E-state index >= 15 is 0 Å². The number of fused-ring (bicyclic) bond motifs is 1. The summed E-state index contributed by atoms with van der Waals surface area (Å²) >= 11 is 0. The molecule has 0 radical (unpaired) electrons. The van der Waals surface area contributed by atoms with Crippen molar-refractivity contribution in [3.05, 3.63) is 83.7 Å². The molecular formula is C31H35FN4O. The number of hydrogen-bond acceptors (Lipinski definition) is 3. The predicted molar refractivity (Wildman–Crippen MR) is 149 cm³/mol. The van der Waals surface area contributed by atoms with Crippen molar-refractivity contribution in [2.75, 3.05) is 10.6 Å². The summed E-state index contributed by atoms with van der Waals surface area (Å²) < 4.78 is 15.6. The number of aromatic nitrogens is 2. The van der Waals surface area contributed by atoms with E-state index in [2.05, 4.69) is 67.2 Å². The van der Waals surface area contributed by atoms with E-state index in [1.54, 1.807) is 12.1 Å². The first-order chi connectivity index (χ1) is 17.7. The molecule has 1 amide bonds. The molecule has 1 aliphatic carbocycles. The number of benzene rings is 3. The molecule has 0 bridgehead atoms. The highest BCUT2D eigenvalue weighted by Gasteiger charge is 2.34. The molecule has 0 spiro atoms. The van der Waals surface area contributed by atoms with Gasteiger partial charge in [-0.1, -0.05) is 39.8 Å². The van der Waals surface area contributed by atoms with Crippen LogP contribution in [-0.2, 0) is 6.42 Å². The average molecular weight is 499 g/mol. The number of anilines is 3. The topological polar surface area (TPSA) is 59.0 Å². The van der Waals surface area contributed by atoms with Gasteiger partial charge in [-0.25, -0.2) is 9.37 Å². The summed E-state index contributed by atoms with van der Waals surface area (Å²) in [6.45, 7) is 9.19. The number of nitrogens with one attached hydrogen (secondary N) is 2. The van der Waals surface area contributed by atoms with E-state index < -0.39 is 0 Å². The molecule has 1 heterocycles. The quantitative estimate of drug-likeness (QED) is 0.282. The Kier molecular flexibility index (Phi) is 6.76. The Morgan fingerprint density at radius 3 is 2.41 bits per heavy atom. The first kappa shape index (κ1) is 25.0. The standard InChI is InChI=1S/C31H35FN4O/c1-5-21-6-11-25(12-7-21)34-30-35-27-17-22(29(37)33-24-13-9-23(32)10-14-24)8-15-28(27)36(30)26-16-20(2)18-31(3,4)19-26/h6-15,17,20,26H,5,16,18-19H2,1-4H3,(H,33,37)(H,34,35)/t20-,26?/m0/s1. The summed E-state index contributed by atoms with van der Waals surface area (Å²) in [4.78, 5) is 17.9. The summed E-state index contributed by atoms with van der Waals surface area (Å²) in [5, 5.41) is 6.41. The number of carbonyl (C=O) groups is 1. The van der Waals surface area contributed by atoms with Crippen LogP contribution in [0.3, 0.4) is 0 Å². The van der Waals surface area contributed by atoms with E-state index in [1.807, 2.05) is 18.2 Å². The van der Waals surface area contributed by atoms with Gasteiger partial charge in [0.15, 0.2) is 0 Å². The van der Waals surface area contributed by atoms with Gasteiger partial charge in [-0.15, -0.1) is 0 Å². The van der Waals surface area contributed by atoms with Gasteiger partial charge < -0.3 is 15.2 Å². The third kappa shape index (κ3) is 5.53. The summed E-state index contributed by atoms with van der Waals surface area (Å²) in [6, 6.07) is 20.2. The highest BCUT2D eigenvalue weighted by molar-refractivity contribution is 6.06. The second kappa shape index (κ2) is 10.0. The lowest BCUT2D eigenvalue weighted by atomic mass is 9.70. The van der Waals surface area contributed by atoms with Gasteiger partial charge in [-0.3, -0.25) is 4.79 Å². The largest absolute Gasteiger partial charge is 0.326 e. The minimum Gasteiger partial charge on any atom is -0.326 e. The van der Waals surface area contributed by atoms with Crippen LogP contribution >= 0.6 is 0 Å². The molecule has 5 rings (SSSR count). The second-order valence-electron chi connectivity index (χ2n) is 11.2. The number of amides is 1. The molecule has 37 heavy (non-hydrogen) atoms. The predicted octanol–water partition coefficient (Wildman–Crippen LogP) is 8.12. The minimum atomic E-state index is -0.338. The molecule has 5 nitrogen and oxygen atoms in total. The minimum absolute atomic E-state index is 0.244. The van der Waals surface area contributed by atoms with Crippen molar-refractivity contribution in [2.45, 2.75) is 59.4 Å². The van der Waals surface area contributed by atoms with Gasteiger partial charge in [0.2, 0.25) is 5.95 Å². The van der Waals surface area contributed by atoms with Gasteiger partial charge in [0, 0.05) is 23.0 Å². The Morgan fingerprint density at radius 2 is 1.73 bits per heavy atom. The normalized spacial score (nSPS) is 19.1. The van der Waals surface area contributed by atoms with Crippen LogP contribution in [0.2, 0.25) is 0 Å². The summed E-state index contributed by atoms with van der Waals surface area (Å²) in [5.41, 5.74) is 5.38. The Labute approximate surface area is 218 Å². The molecule has 1 aliphatic rings. The maximum absolute atomic E-state index is 13.3. The van der Waals surface area contributed by atoms with E-state index in [1.165, 1.54) is 24.1 Å². The van der Waals surface area contributed by atoms with Crippen LogP contribution < -0.4 is 10.6 Å². The third-order valence-electron chi connectivity index (χ3n) is 7.40. The van der Waals surface area contributed by atoms with E-state index in [9.17, 15) is 9.18 Å². The third-order valence-corrected chi connectivity index (χ3v) is 7.40. The molecule has 4 aromatic rings. The fraction of sp³-hybridized carbons (Fsp3) is 0.355. The smallest absolute Gasteiger partial charge is 0.255 e. The average Bonchev–Trinajstić information content (AvgIpc) is 3.21. The zero-order valence-corrected chi connectivity index (χ0v) is 22.0. The molecular weight excluding hydrogens is 463 g/mol. The van der Waals surface area contributed by atoms with E-state index in [0.29, 0.717) is 23.2 Å². The first-order valence-corrected chi connectivity index (χ1v) is 13.2. The molecule has 2 N–H and O–H groups in total. The molecule has 2 atom stereocenters. The van der Waals surface area contributed by atoms with Crippen LogP contribution in [0.5, 0.6) is 0 Å². The van der Waals surface area contributed by atoms with Crippen LogP contribution in [0.15, 0.2) is 66.7 Å². The number of aryl methyl sites for hydroxylation is 1. The molecule has 3 aromatic carbocycles. The maximum Gasteiger partial charge on any atom is 0.255 e. The molecule has 1 unspecified atom stereocenters. The van der Waals surface area contributed by atoms with Gasteiger partial charge >= 0.3 is 0 Å². The van der Waals surface area contributed by atoms with Gasteiger partial charge in [-0.05, 0) is 97.2 Å². The highest BCUT2D eigenvalue weighted by Crippen LogP contribution is 2.46. The Morgan fingerprint density at radius 1 is 1.03 bits per heavy atom.